The van der Waals surface area contributed by atoms with E-state index in [1.54, 1.807) is 72.8 Å². The first-order valence-electron chi connectivity index (χ1n) is 27.9. The second-order valence-corrected chi connectivity index (χ2v) is 19.8. The van der Waals surface area contributed by atoms with Gasteiger partial charge in [0.05, 0.1) is 61.8 Å². The number of phenols is 8. The number of carbonyl (C=O) groups excluding carboxylic acids is 5. The number of carboxylic acids is 5. The number of hydrogen-bond acceptors (Lipinski definition) is 18. The standard InChI is InChI=1S/3C14H11NO5.2C14H11NO4/c16-9-3-1-2-8(6-9)13(18)15-12-5-4-10(17)7-11(12)14(19)20;16-9-3-1-2-8(6-9)13(18)15-12-7-10(17)4-5-11(12)14(19)20;16-8-5-6-11(10(7-8)14(19)20)15-13(18)9-3-1-2-4-12(9)17;16-10-6-7-12(11(8-10)14(18)19)15-13(17)9-4-2-1-3-5-9;16-10-6-7-11(14(18)19)12(8-10)15-13(17)9-4-2-1-3-5-9/h3*1-7,16-17H,(H,15,18)(H,19,20);2*1-8,16H,(H,15,17)(H,18,19). The first-order valence-corrected chi connectivity index (χ1v) is 27.9. The number of anilines is 5. The van der Waals surface area contributed by atoms with Gasteiger partial charge in [-0.3, -0.25) is 24.0 Å². The number of hydrogen-bond donors (Lipinski definition) is 18. The lowest BCUT2D eigenvalue weighted by molar-refractivity contribution is 0.0686. The minimum Gasteiger partial charge on any atom is -0.508 e. The molecular formula is C70H55N5O23. The van der Waals surface area contributed by atoms with Crippen molar-refractivity contribution >= 4 is 87.8 Å². The topological polar surface area (TPSA) is 494 Å². The van der Waals surface area contributed by atoms with Crippen LogP contribution in [0.2, 0.25) is 0 Å². The maximum Gasteiger partial charge on any atom is 0.337 e. The van der Waals surface area contributed by atoms with Gasteiger partial charge in [0.2, 0.25) is 0 Å². The van der Waals surface area contributed by atoms with Gasteiger partial charge < -0.3 is 93.0 Å². The average Bonchev–Trinajstić information content (AvgIpc) is 0.905. The van der Waals surface area contributed by atoms with Crippen molar-refractivity contribution in [3.05, 3.63) is 280 Å². The van der Waals surface area contributed by atoms with Crippen LogP contribution in [0.25, 0.3) is 0 Å². The van der Waals surface area contributed by atoms with E-state index in [1.807, 2.05) is 0 Å². The Balaban J connectivity index is 0.000000193. The van der Waals surface area contributed by atoms with E-state index in [-0.39, 0.29) is 119 Å². The van der Waals surface area contributed by atoms with Gasteiger partial charge in [0.25, 0.3) is 29.5 Å². The fourth-order valence-corrected chi connectivity index (χ4v) is 8.21. The van der Waals surface area contributed by atoms with E-state index in [1.165, 1.54) is 127 Å². The Kier molecular flexibility index (Phi) is 25.2. The molecule has 0 radical (unpaired) electrons. The first kappa shape index (κ1) is 72.4. The van der Waals surface area contributed by atoms with Gasteiger partial charge in [-0.25, -0.2) is 24.0 Å². The van der Waals surface area contributed by atoms with Gasteiger partial charge in [0.1, 0.15) is 46.0 Å². The Labute approximate surface area is 552 Å². The van der Waals surface area contributed by atoms with Gasteiger partial charge in [0.15, 0.2) is 0 Å². The van der Waals surface area contributed by atoms with Crippen LogP contribution in [-0.4, -0.2) is 126 Å². The molecule has 10 aromatic rings. The molecule has 10 aromatic carbocycles. The van der Waals surface area contributed by atoms with Crippen molar-refractivity contribution in [3.63, 3.8) is 0 Å². The lowest BCUT2D eigenvalue weighted by atomic mass is 10.1. The van der Waals surface area contributed by atoms with E-state index >= 15 is 0 Å². The highest BCUT2D eigenvalue weighted by atomic mass is 16.4. The van der Waals surface area contributed by atoms with Crippen LogP contribution in [0.4, 0.5) is 28.4 Å². The molecule has 0 unspecified atom stereocenters. The van der Waals surface area contributed by atoms with Crippen molar-refractivity contribution in [1.82, 2.24) is 0 Å². The molecule has 0 heterocycles. The fraction of sp³-hybridized carbons (Fsp3) is 0. The van der Waals surface area contributed by atoms with Crippen LogP contribution < -0.4 is 26.6 Å². The summed E-state index contributed by atoms with van der Waals surface area (Å²) in [5.41, 5.74) is 0.624. The molecule has 98 heavy (non-hydrogen) atoms. The van der Waals surface area contributed by atoms with E-state index in [9.17, 15) is 88.8 Å². The molecule has 0 aliphatic heterocycles. The molecule has 0 saturated carbocycles. The summed E-state index contributed by atoms with van der Waals surface area (Å²) >= 11 is 0. The smallest absolute Gasteiger partial charge is 0.337 e. The number of amides is 5. The minimum absolute atomic E-state index is 0.0224. The maximum atomic E-state index is 12.0. The fourth-order valence-electron chi connectivity index (χ4n) is 8.21. The van der Waals surface area contributed by atoms with Gasteiger partial charge in [0, 0.05) is 34.4 Å². The van der Waals surface area contributed by atoms with E-state index in [4.69, 9.17) is 25.5 Å². The van der Waals surface area contributed by atoms with Gasteiger partial charge >= 0.3 is 29.8 Å². The Hall–Kier alpha value is -14.7. The molecule has 28 heteroatoms. The zero-order chi connectivity index (χ0) is 71.8. The molecule has 0 fully saturated rings. The number of rotatable bonds is 15. The largest absolute Gasteiger partial charge is 0.508 e. The molecule has 0 spiro atoms. The molecule has 0 aromatic heterocycles. The molecule has 498 valence electrons. The molecule has 10 rings (SSSR count). The van der Waals surface area contributed by atoms with Crippen molar-refractivity contribution in [2.45, 2.75) is 0 Å². The normalized spacial score (nSPS) is 9.96. The molecule has 0 atom stereocenters. The van der Waals surface area contributed by atoms with E-state index in [0.29, 0.717) is 11.1 Å². The monoisotopic (exact) mass is 1330 g/mol. The summed E-state index contributed by atoms with van der Waals surface area (Å²) in [7, 11) is 0. The quantitative estimate of drug-likeness (QED) is 0.0424. The summed E-state index contributed by atoms with van der Waals surface area (Å²) < 4.78 is 0. The van der Waals surface area contributed by atoms with Gasteiger partial charge in [-0.2, -0.15) is 0 Å². The summed E-state index contributed by atoms with van der Waals surface area (Å²) in [6, 6.07) is 52.2. The third-order valence-corrected chi connectivity index (χ3v) is 12.8. The zero-order valence-electron chi connectivity index (χ0n) is 50.3. The number of carbonyl (C=O) groups is 10. The number of nitrogens with one attached hydrogen (secondary N) is 5. The number of aromatic hydroxyl groups is 8. The summed E-state index contributed by atoms with van der Waals surface area (Å²) in [4.78, 5) is 115. The maximum absolute atomic E-state index is 12.0. The van der Waals surface area contributed by atoms with Gasteiger partial charge in [-0.1, -0.05) is 60.7 Å². The van der Waals surface area contributed by atoms with Crippen LogP contribution in [-0.2, 0) is 0 Å². The molecule has 0 aliphatic rings. The van der Waals surface area contributed by atoms with Crippen molar-refractivity contribution < 1.29 is 114 Å². The van der Waals surface area contributed by atoms with Crippen LogP contribution >= 0.6 is 0 Å². The number of carboxylic acid groups (broad SMARTS) is 5. The Morgan fingerprint density at radius 1 is 0.204 bits per heavy atom. The van der Waals surface area contributed by atoms with E-state index < -0.39 is 59.4 Å². The van der Waals surface area contributed by atoms with Crippen molar-refractivity contribution in [1.29, 1.82) is 0 Å². The van der Waals surface area contributed by atoms with Crippen LogP contribution in [0.15, 0.2) is 224 Å². The third kappa shape index (κ3) is 21.2. The highest BCUT2D eigenvalue weighted by molar-refractivity contribution is 6.12. The van der Waals surface area contributed by atoms with Crippen molar-refractivity contribution in [2.24, 2.45) is 0 Å². The Bertz CT molecular complexity index is 4640. The number of phenolic OH excluding ortho intramolecular Hbond substituents is 8. The predicted octanol–water partition coefficient (Wildman–Crippen LogP) is 10.8. The molecule has 28 nitrogen and oxygen atoms in total. The number of aromatic carboxylic acids is 5. The van der Waals surface area contributed by atoms with E-state index in [0.717, 1.165) is 24.3 Å². The zero-order valence-corrected chi connectivity index (χ0v) is 50.3. The lowest BCUT2D eigenvalue weighted by Gasteiger charge is -2.09. The summed E-state index contributed by atoms with van der Waals surface area (Å²) in [6.45, 7) is 0. The van der Waals surface area contributed by atoms with Crippen LogP contribution in [0.3, 0.4) is 0 Å². The molecule has 5 amide bonds. The minimum atomic E-state index is -1.28. The second kappa shape index (κ2) is 34.1. The van der Waals surface area contributed by atoms with Gasteiger partial charge in [-0.05, 0) is 152 Å². The summed E-state index contributed by atoms with van der Waals surface area (Å²) in [6.07, 6.45) is 0. The van der Waals surface area contributed by atoms with Crippen LogP contribution in [0.1, 0.15) is 104 Å². The Morgan fingerprint density at radius 2 is 0.469 bits per heavy atom. The first-order chi connectivity index (χ1) is 46.6. The van der Waals surface area contributed by atoms with Crippen molar-refractivity contribution in [2.75, 3.05) is 26.6 Å². The SMILES string of the molecule is O=C(Nc1cc(O)ccc1C(=O)O)c1cccc(O)c1.O=C(Nc1cc(O)ccc1C(=O)O)c1ccccc1.O=C(Nc1ccc(O)cc1C(=O)O)c1cccc(O)c1.O=C(Nc1ccc(O)cc1C(=O)O)c1ccccc1.O=C(Nc1ccc(O)cc1C(=O)O)c1ccccc1O. The molecule has 18 N–H and O–H groups in total. The highest BCUT2D eigenvalue weighted by Crippen LogP contribution is 2.28. The third-order valence-electron chi connectivity index (χ3n) is 12.8. The van der Waals surface area contributed by atoms with Crippen molar-refractivity contribution in [3.8, 4) is 46.0 Å². The number of benzene rings is 10. The average molecular weight is 1330 g/mol. The molecule has 0 aliphatic carbocycles. The second-order valence-electron chi connectivity index (χ2n) is 19.8. The van der Waals surface area contributed by atoms with Crippen LogP contribution in [0.5, 0.6) is 46.0 Å². The number of para-hydroxylation sites is 1. The van der Waals surface area contributed by atoms with Crippen LogP contribution in [0, 0.1) is 0 Å². The summed E-state index contributed by atoms with van der Waals surface area (Å²) in [5.74, 6) is -10.1. The van der Waals surface area contributed by atoms with E-state index in [2.05, 4.69) is 26.6 Å². The molecule has 0 saturated heterocycles. The summed E-state index contributed by atoms with van der Waals surface area (Å²) in [5, 5.41) is 132. The Morgan fingerprint density at radius 3 is 0.796 bits per heavy atom. The predicted molar refractivity (Wildman–Crippen MR) is 352 cm³/mol. The molecule has 0 bridgehead atoms. The molecular weight excluding hydrogens is 1280 g/mol. The lowest BCUT2D eigenvalue weighted by Crippen LogP contribution is -2.14. The highest BCUT2D eigenvalue weighted by Gasteiger charge is 2.20. The van der Waals surface area contributed by atoms with Gasteiger partial charge in [-0.15, -0.1) is 0 Å².